The number of carbonyl (C=O) groups is 1. The molecule has 0 spiro atoms. The van der Waals surface area contributed by atoms with Gasteiger partial charge in [-0.05, 0) is 25.1 Å². The van der Waals surface area contributed by atoms with Crippen LogP contribution in [-0.2, 0) is 11.3 Å². The van der Waals surface area contributed by atoms with Gasteiger partial charge in [0.2, 0.25) is 0 Å². The highest BCUT2D eigenvalue weighted by molar-refractivity contribution is 7.21. The van der Waals surface area contributed by atoms with Gasteiger partial charge in [0.15, 0.2) is 11.6 Å². The van der Waals surface area contributed by atoms with Crippen LogP contribution in [0.2, 0.25) is 0 Å². The van der Waals surface area contributed by atoms with Crippen molar-refractivity contribution in [3.63, 3.8) is 0 Å². The summed E-state index contributed by atoms with van der Waals surface area (Å²) in [6, 6.07) is 6.63. The molecule has 0 radical (unpaired) electrons. The Hall–Kier alpha value is -3.07. The van der Waals surface area contributed by atoms with Gasteiger partial charge in [0.1, 0.15) is 21.2 Å². The zero-order chi connectivity index (χ0) is 20.3. The average molecular weight is 405 g/mol. The van der Waals surface area contributed by atoms with Crippen LogP contribution in [0.4, 0.5) is 15.9 Å². The summed E-state index contributed by atoms with van der Waals surface area (Å²) >= 11 is 1.07. The third-order valence-corrected chi connectivity index (χ3v) is 5.17. The number of hydrogen-bond acceptors (Lipinski definition) is 8. The van der Waals surface area contributed by atoms with E-state index in [0.717, 1.165) is 16.9 Å². The summed E-state index contributed by atoms with van der Waals surface area (Å²) in [4.78, 5) is 16.9. The SMILES string of the molecule is CCOC(=O)c1sc2nc(NCc3ccc(OC)cc3OC)c(F)cc2c1N. The number of nitrogen functional groups attached to an aromatic ring is 1. The van der Waals surface area contributed by atoms with Crippen LogP contribution < -0.4 is 20.5 Å². The second-order valence-electron chi connectivity index (χ2n) is 5.77. The molecule has 0 unspecified atom stereocenters. The lowest BCUT2D eigenvalue weighted by molar-refractivity contribution is 0.0533. The Morgan fingerprint density at radius 3 is 2.75 bits per heavy atom. The highest BCUT2D eigenvalue weighted by Gasteiger charge is 2.20. The normalized spacial score (nSPS) is 10.7. The molecule has 0 aliphatic heterocycles. The van der Waals surface area contributed by atoms with Gasteiger partial charge in [0, 0.05) is 23.6 Å². The highest BCUT2D eigenvalue weighted by Crippen LogP contribution is 2.35. The van der Waals surface area contributed by atoms with Gasteiger partial charge < -0.3 is 25.3 Å². The lowest BCUT2D eigenvalue weighted by Gasteiger charge is -2.12. The van der Waals surface area contributed by atoms with Gasteiger partial charge in [-0.2, -0.15) is 0 Å². The Balaban J connectivity index is 1.88. The van der Waals surface area contributed by atoms with Gasteiger partial charge in [0.05, 0.1) is 26.5 Å². The molecule has 9 heteroatoms. The highest BCUT2D eigenvalue weighted by atomic mass is 32.1. The van der Waals surface area contributed by atoms with Gasteiger partial charge in [0.25, 0.3) is 0 Å². The van der Waals surface area contributed by atoms with Crippen molar-refractivity contribution in [3.05, 3.63) is 40.5 Å². The molecule has 0 fully saturated rings. The Morgan fingerprint density at radius 2 is 2.07 bits per heavy atom. The topological polar surface area (TPSA) is 95.7 Å². The number of carbonyl (C=O) groups excluding carboxylic acids is 1. The molecule has 2 aromatic heterocycles. The Bertz CT molecular complexity index is 1020. The van der Waals surface area contributed by atoms with Gasteiger partial charge in [-0.1, -0.05) is 0 Å². The van der Waals surface area contributed by atoms with Crippen LogP contribution in [0.3, 0.4) is 0 Å². The van der Waals surface area contributed by atoms with Crippen molar-refractivity contribution >= 4 is 39.0 Å². The zero-order valence-electron chi connectivity index (χ0n) is 15.7. The number of nitrogens with two attached hydrogens (primary N) is 1. The molecule has 0 atom stereocenters. The second kappa shape index (κ2) is 8.30. The van der Waals surface area contributed by atoms with Crippen molar-refractivity contribution in [3.8, 4) is 11.5 Å². The number of ether oxygens (including phenoxy) is 3. The molecule has 0 saturated heterocycles. The minimum absolute atomic E-state index is 0.0574. The standard InChI is InChI=1S/C19H20FN3O4S/c1-4-27-19(24)16-15(21)12-8-13(20)17(23-18(12)28-16)22-9-10-5-6-11(25-2)7-14(10)26-3/h5-8H,4,9,21H2,1-3H3,(H,22,23). The lowest BCUT2D eigenvalue weighted by atomic mass is 10.2. The first-order valence-electron chi connectivity index (χ1n) is 8.48. The molecular weight excluding hydrogens is 385 g/mol. The number of nitrogens with one attached hydrogen (secondary N) is 1. The van der Waals surface area contributed by atoms with E-state index in [1.807, 2.05) is 6.07 Å². The van der Waals surface area contributed by atoms with Crippen molar-refractivity contribution < 1.29 is 23.4 Å². The number of halogens is 1. The van der Waals surface area contributed by atoms with Gasteiger partial charge >= 0.3 is 5.97 Å². The number of nitrogens with zero attached hydrogens (tertiary/aromatic N) is 1. The molecule has 2 heterocycles. The summed E-state index contributed by atoms with van der Waals surface area (Å²) in [6.07, 6.45) is 0. The molecule has 1 aromatic carbocycles. The van der Waals surface area contributed by atoms with Crippen LogP contribution in [0.25, 0.3) is 10.2 Å². The van der Waals surface area contributed by atoms with Gasteiger partial charge in [-0.25, -0.2) is 14.2 Å². The maximum atomic E-state index is 14.5. The number of methoxy groups -OCH3 is 2. The molecular formula is C19H20FN3O4S. The molecule has 0 aliphatic carbocycles. The van der Waals surface area contributed by atoms with Crippen LogP contribution in [-0.4, -0.2) is 31.8 Å². The first-order chi connectivity index (χ1) is 13.5. The molecule has 28 heavy (non-hydrogen) atoms. The fourth-order valence-corrected chi connectivity index (χ4v) is 3.64. The molecule has 0 amide bonds. The summed E-state index contributed by atoms with van der Waals surface area (Å²) in [5, 5.41) is 3.35. The summed E-state index contributed by atoms with van der Waals surface area (Å²) in [5.41, 5.74) is 6.96. The molecule has 148 valence electrons. The van der Waals surface area contributed by atoms with E-state index in [-0.39, 0.29) is 29.5 Å². The van der Waals surface area contributed by atoms with E-state index in [9.17, 15) is 9.18 Å². The minimum atomic E-state index is -0.570. The van der Waals surface area contributed by atoms with E-state index in [1.54, 1.807) is 33.3 Å². The fraction of sp³-hybridized carbons (Fsp3) is 0.263. The molecule has 3 aromatic rings. The number of benzene rings is 1. The first-order valence-corrected chi connectivity index (χ1v) is 9.30. The fourth-order valence-electron chi connectivity index (χ4n) is 2.67. The summed E-state index contributed by atoms with van der Waals surface area (Å²) in [5.74, 6) is 0.216. The third-order valence-electron chi connectivity index (χ3n) is 4.08. The van der Waals surface area contributed by atoms with Crippen LogP contribution in [0.15, 0.2) is 24.3 Å². The van der Waals surface area contributed by atoms with Crippen molar-refractivity contribution in [2.75, 3.05) is 31.9 Å². The number of esters is 1. The first kappa shape index (κ1) is 19.7. The number of anilines is 2. The Labute approximate surface area is 165 Å². The molecule has 7 nitrogen and oxygen atoms in total. The Kier molecular flexibility index (Phi) is 5.84. The second-order valence-corrected chi connectivity index (χ2v) is 6.77. The number of rotatable bonds is 7. The minimum Gasteiger partial charge on any atom is -0.497 e. The van der Waals surface area contributed by atoms with Crippen LogP contribution in [0.5, 0.6) is 11.5 Å². The Morgan fingerprint density at radius 1 is 1.29 bits per heavy atom. The monoisotopic (exact) mass is 405 g/mol. The summed E-state index contributed by atoms with van der Waals surface area (Å²) in [6.45, 7) is 2.22. The van der Waals surface area contributed by atoms with Crippen LogP contribution >= 0.6 is 11.3 Å². The predicted octanol–water partition coefficient (Wildman–Crippen LogP) is 3.82. The van der Waals surface area contributed by atoms with Crippen molar-refractivity contribution in [2.45, 2.75) is 13.5 Å². The van der Waals surface area contributed by atoms with Crippen molar-refractivity contribution in [1.82, 2.24) is 4.98 Å². The predicted molar refractivity (Wildman–Crippen MR) is 107 cm³/mol. The van der Waals surface area contributed by atoms with E-state index < -0.39 is 11.8 Å². The number of aromatic nitrogens is 1. The molecule has 0 saturated carbocycles. The summed E-state index contributed by atoms with van der Waals surface area (Å²) in [7, 11) is 3.12. The molecule has 3 N–H and O–H groups in total. The lowest BCUT2D eigenvalue weighted by Crippen LogP contribution is -2.05. The maximum absolute atomic E-state index is 14.5. The summed E-state index contributed by atoms with van der Waals surface area (Å²) < 4.78 is 30.0. The average Bonchev–Trinajstić information content (AvgIpc) is 3.02. The van der Waals surface area contributed by atoms with E-state index in [0.29, 0.717) is 21.7 Å². The molecule has 0 bridgehead atoms. The van der Waals surface area contributed by atoms with E-state index >= 15 is 0 Å². The number of fused-ring (bicyclic) bond motifs is 1. The largest absolute Gasteiger partial charge is 0.497 e. The van der Waals surface area contributed by atoms with E-state index in [4.69, 9.17) is 19.9 Å². The van der Waals surface area contributed by atoms with Gasteiger partial charge in [-0.3, -0.25) is 0 Å². The van der Waals surface area contributed by atoms with Crippen LogP contribution in [0, 0.1) is 5.82 Å². The molecule has 3 rings (SSSR count). The smallest absolute Gasteiger partial charge is 0.350 e. The third kappa shape index (κ3) is 3.79. The zero-order valence-corrected chi connectivity index (χ0v) is 16.5. The van der Waals surface area contributed by atoms with Crippen molar-refractivity contribution in [2.24, 2.45) is 0 Å². The van der Waals surface area contributed by atoms with Gasteiger partial charge in [-0.15, -0.1) is 11.3 Å². The van der Waals surface area contributed by atoms with E-state index in [2.05, 4.69) is 10.3 Å². The number of thiophene rings is 1. The van der Waals surface area contributed by atoms with E-state index in [1.165, 1.54) is 6.07 Å². The quantitative estimate of drug-likeness (QED) is 0.577. The molecule has 0 aliphatic rings. The maximum Gasteiger partial charge on any atom is 0.350 e. The number of pyridine rings is 1. The number of hydrogen-bond donors (Lipinski definition) is 2. The van der Waals surface area contributed by atoms with Crippen LogP contribution in [0.1, 0.15) is 22.2 Å². The van der Waals surface area contributed by atoms with Crippen molar-refractivity contribution in [1.29, 1.82) is 0 Å².